The maximum Gasteiger partial charge on any atom is 0.252 e. The van der Waals surface area contributed by atoms with Crippen LogP contribution in [0, 0.1) is 0 Å². The Bertz CT molecular complexity index is 662. The summed E-state index contributed by atoms with van der Waals surface area (Å²) in [5, 5.41) is 5.02. The molecule has 1 aromatic rings. The fourth-order valence-electron chi connectivity index (χ4n) is 1.47. The van der Waals surface area contributed by atoms with Crippen LogP contribution in [0.5, 0.6) is 0 Å². The molecule has 0 radical (unpaired) electrons. The molecule has 0 aliphatic carbocycles. The van der Waals surface area contributed by atoms with E-state index in [9.17, 15) is 16.8 Å². The van der Waals surface area contributed by atoms with Crippen LogP contribution in [0.2, 0.25) is 0 Å². The third-order valence-corrected chi connectivity index (χ3v) is 7.03. The van der Waals surface area contributed by atoms with Gasteiger partial charge in [0.15, 0.2) is 0 Å². The number of nitrogens with one attached hydrogen (secondary N) is 1. The summed E-state index contributed by atoms with van der Waals surface area (Å²) >= 11 is 1.15. The maximum atomic E-state index is 12.3. The van der Waals surface area contributed by atoms with E-state index in [1.165, 1.54) is 7.05 Å². The number of thiophene rings is 1. The van der Waals surface area contributed by atoms with Crippen molar-refractivity contribution in [3.63, 3.8) is 0 Å². The number of nitrogens with zero attached hydrogens (tertiary/aromatic N) is 1. The highest BCUT2D eigenvalue weighted by atomic mass is 32.2. The van der Waals surface area contributed by atoms with Crippen molar-refractivity contribution in [1.82, 2.24) is 9.62 Å². The van der Waals surface area contributed by atoms with Crippen molar-refractivity contribution >= 4 is 31.2 Å². The summed E-state index contributed by atoms with van der Waals surface area (Å²) in [5.41, 5.74) is 0.906. The normalized spacial score (nSPS) is 13.2. The molecule has 0 amide bonds. The quantitative estimate of drug-likeness (QED) is 0.750. The fraction of sp³-hybridized carbons (Fsp3) is 0.667. The number of hydrogen-bond acceptors (Lipinski definition) is 6. The third kappa shape index (κ3) is 6.03. The topological polar surface area (TPSA) is 83.6 Å². The molecule has 0 aliphatic rings. The number of sulfone groups is 1. The van der Waals surface area contributed by atoms with Crippen molar-refractivity contribution in [1.29, 1.82) is 0 Å². The Kier molecular flexibility index (Phi) is 6.36. The molecule has 0 saturated heterocycles. The minimum absolute atomic E-state index is 0.0430. The van der Waals surface area contributed by atoms with Crippen LogP contribution in [-0.4, -0.2) is 52.8 Å². The zero-order valence-electron chi connectivity index (χ0n) is 12.7. The molecule has 0 unspecified atom stereocenters. The van der Waals surface area contributed by atoms with Crippen LogP contribution in [0.15, 0.2) is 15.7 Å². The first-order valence-corrected chi connectivity index (χ1v) is 10.9. The zero-order chi connectivity index (χ0) is 16.3. The van der Waals surface area contributed by atoms with E-state index < -0.39 is 19.9 Å². The summed E-state index contributed by atoms with van der Waals surface area (Å²) in [7, 11) is -5.41. The summed E-state index contributed by atoms with van der Waals surface area (Å²) in [6.07, 6.45) is 1.09. The Morgan fingerprint density at radius 1 is 1.29 bits per heavy atom. The SMILES string of the molecule is CC(C)NCc1csc(S(=O)(=O)N(C)CCS(C)(=O)=O)c1. The van der Waals surface area contributed by atoms with Crippen LogP contribution in [-0.2, 0) is 26.4 Å². The predicted octanol–water partition coefficient (Wildman–Crippen LogP) is 0.911. The Morgan fingerprint density at radius 2 is 1.90 bits per heavy atom. The standard InChI is InChI=1S/C12H22N2O4S3/c1-10(2)13-8-11-7-12(19-9-11)21(17,18)14(3)5-6-20(4,15)16/h7,9-10,13H,5-6,8H2,1-4H3. The Labute approximate surface area is 131 Å². The van der Waals surface area contributed by atoms with Gasteiger partial charge in [0.05, 0.1) is 5.75 Å². The average Bonchev–Trinajstić information content (AvgIpc) is 2.81. The van der Waals surface area contributed by atoms with Gasteiger partial charge in [-0.1, -0.05) is 13.8 Å². The van der Waals surface area contributed by atoms with Gasteiger partial charge < -0.3 is 5.32 Å². The molecule has 122 valence electrons. The third-order valence-electron chi connectivity index (χ3n) is 2.79. The minimum Gasteiger partial charge on any atom is -0.310 e. The fourth-order valence-corrected chi connectivity index (χ4v) is 4.78. The molecule has 6 nitrogen and oxygen atoms in total. The van der Waals surface area contributed by atoms with Crippen LogP contribution in [0.1, 0.15) is 19.4 Å². The molecule has 0 spiro atoms. The van der Waals surface area contributed by atoms with Gasteiger partial charge in [0.2, 0.25) is 0 Å². The van der Waals surface area contributed by atoms with E-state index in [0.717, 1.165) is 27.5 Å². The highest BCUT2D eigenvalue weighted by Gasteiger charge is 2.23. The van der Waals surface area contributed by atoms with Gasteiger partial charge in [-0.15, -0.1) is 11.3 Å². The molecule has 9 heteroatoms. The molecule has 1 N–H and O–H groups in total. The van der Waals surface area contributed by atoms with Crippen molar-refractivity contribution in [3.05, 3.63) is 17.0 Å². The average molecular weight is 355 g/mol. The largest absolute Gasteiger partial charge is 0.310 e. The molecule has 1 heterocycles. The monoisotopic (exact) mass is 354 g/mol. The lowest BCUT2D eigenvalue weighted by atomic mass is 10.3. The Hall–Kier alpha value is -0.480. The molecular formula is C12H22N2O4S3. The van der Waals surface area contributed by atoms with Crippen molar-refractivity contribution < 1.29 is 16.8 Å². The van der Waals surface area contributed by atoms with E-state index in [0.29, 0.717) is 12.6 Å². The summed E-state index contributed by atoms with van der Waals surface area (Å²) < 4.78 is 48.2. The number of hydrogen-bond donors (Lipinski definition) is 1. The molecule has 21 heavy (non-hydrogen) atoms. The Morgan fingerprint density at radius 3 is 2.43 bits per heavy atom. The van der Waals surface area contributed by atoms with Gasteiger partial charge in [0.25, 0.3) is 10.0 Å². The molecule has 0 bridgehead atoms. The number of rotatable bonds is 8. The van der Waals surface area contributed by atoms with Crippen LogP contribution in [0.4, 0.5) is 0 Å². The molecular weight excluding hydrogens is 332 g/mol. The van der Waals surface area contributed by atoms with Gasteiger partial charge in [-0.05, 0) is 17.0 Å². The molecule has 1 aromatic heterocycles. The van der Waals surface area contributed by atoms with Gasteiger partial charge in [-0.25, -0.2) is 16.8 Å². The highest BCUT2D eigenvalue weighted by Crippen LogP contribution is 2.23. The summed E-state index contributed by atoms with van der Waals surface area (Å²) in [5.74, 6) is -0.185. The van der Waals surface area contributed by atoms with E-state index in [4.69, 9.17) is 0 Å². The van der Waals surface area contributed by atoms with E-state index in [2.05, 4.69) is 5.32 Å². The minimum atomic E-state index is -3.62. The highest BCUT2D eigenvalue weighted by molar-refractivity contribution is 7.91. The predicted molar refractivity (Wildman–Crippen MR) is 85.8 cm³/mol. The summed E-state index contributed by atoms with van der Waals surface area (Å²) in [6.45, 7) is 4.60. The van der Waals surface area contributed by atoms with E-state index in [1.807, 2.05) is 13.8 Å². The van der Waals surface area contributed by atoms with Gasteiger partial charge in [-0.3, -0.25) is 0 Å². The smallest absolute Gasteiger partial charge is 0.252 e. The van der Waals surface area contributed by atoms with Crippen molar-refractivity contribution in [2.24, 2.45) is 0 Å². The van der Waals surface area contributed by atoms with Crippen molar-refractivity contribution in [2.45, 2.75) is 30.6 Å². The van der Waals surface area contributed by atoms with Crippen molar-refractivity contribution in [3.8, 4) is 0 Å². The number of sulfonamides is 1. The van der Waals surface area contributed by atoms with Gasteiger partial charge in [-0.2, -0.15) is 4.31 Å². The van der Waals surface area contributed by atoms with Crippen molar-refractivity contribution in [2.75, 3.05) is 25.6 Å². The lowest BCUT2D eigenvalue weighted by Gasteiger charge is -2.15. The second-order valence-corrected chi connectivity index (χ2v) is 10.7. The maximum absolute atomic E-state index is 12.3. The molecule has 0 aromatic carbocycles. The first-order valence-electron chi connectivity index (χ1n) is 6.47. The van der Waals surface area contributed by atoms with E-state index in [1.54, 1.807) is 11.4 Å². The van der Waals surface area contributed by atoms with Crippen LogP contribution < -0.4 is 5.32 Å². The molecule has 0 saturated carbocycles. The second kappa shape index (κ2) is 7.19. The Balaban J connectivity index is 2.78. The van der Waals surface area contributed by atoms with E-state index >= 15 is 0 Å². The first-order chi connectivity index (χ1) is 9.52. The van der Waals surface area contributed by atoms with Crippen LogP contribution in [0.25, 0.3) is 0 Å². The van der Waals surface area contributed by atoms with Gasteiger partial charge in [0.1, 0.15) is 14.0 Å². The molecule has 0 atom stereocenters. The molecule has 0 fully saturated rings. The second-order valence-electron chi connectivity index (χ2n) is 5.27. The summed E-state index contributed by atoms with van der Waals surface area (Å²) in [6, 6.07) is 1.95. The van der Waals surface area contributed by atoms with E-state index in [-0.39, 0.29) is 16.5 Å². The van der Waals surface area contributed by atoms with Gasteiger partial charge >= 0.3 is 0 Å². The molecule has 1 rings (SSSR count). The summed E-state index contributed by atoms with van der Waals surface area (Å²) in [4.78, 5) is 0. The lowest BCUT2D eigenvalue weighted by molar-refractivity contribution is 0.486. The van der Waals surface area contributed by atoms with Gasteiger partial charge in [0, 0.05) is 32.4 Å². The zero-order valence-corrected chi connectivity index (χ0v) is 15.1. The van der Waals surface area contributed by atoms with Crippen LogP contribution >= 0.6 is 11.3 Å². The lowest BCUT2D eigenvalue weighted by Crippen LogP contribution is -2.31. The first kappa shape index (κ1) is 18.6. The van der Waals surface area contributed by atoms with Crippen LogP contribution in [0.3, 0.4) is 0 Å². The molecule has 0 aliphatic heterocycles.